The van der Waals surface area contributed by atoms with Gasteiger partial charge in [-0.2, -0.15) is 5.10 Å². The second-order valence-corrected chi connectivity index (χ2v) is 4.05. The molecule has 0 aromatic carbocycles. The summed E-state index contributed by atoms with van der Waals surface area (Å²) in [6.45, 7) is 0. The zero-order chi connectivity index (χ0) is 10.7. The molecular formula is C10H15N3O2. The fraction of sp³-hybridized carbons (Fsp3) is 0.700. The Kier molecular flexibility index (Phi) is 2.99. The van der Waals surface area contributed by atoms with E-state index in [1.54, 1.807) is 0 Å². The Bertz CT molecular complexity index is 306. The molecule has 2 amide bonds. The standard InChI is InChI=1S/C10H15N3O2/c14-9-6-5-8(12-13-9)10(15)11-7-3-1-2-4-7/h7H,1-6H2,(H,11,15)(H,13,14). The normalized spacial score (nSPS) is 22.1. The molecule has 1 heterocycles. The summed E-state index contributed by atoms with van der Waals surface area (Å²) in [6.07, 6.45) is 5.31. The number of hydrogen-bond acceptors (Lipinski definition) is 3. The highest BCUT2D eigenvalue weighted by Gasteiger charge is 2.22. The Balaban J connectivity index is 1.87. The predicted molar refractivity (Wildman–Crippen MR) is 55.2 cm³/mol. The van der Waals surface area contributed by atoms with Gasteiger partial charge in [0.05, 0.1) is 0 Å². The molecule has 1 aliphatic carbocycles. The molecule has 1 saturated carbocycles. The van der Waals surface area contributed by atoms with Crippen LogP contribution in [0.3, 0.4) is 0 Å². The summed E-state index contributed by atoms with van der Waals surface area (Å²) in [5, 5.41) is 6.70. The molecule has 0 atom stereocenters. The number of nitrogens with one attached hydrogen (secondary N) is 2. The first-order valence-electron chi connectivity index (χ1n) is 5.42. The summed E-state index contributed by atoms with van der Waals surface area (Å²) < 4.78 is 0. The Hall–Kier alpha value is -1.39. The van der Waals surface area contributed by atoms with Crippen LogP contribution in [0.2, 0.25) is 0 Å². The highest BCUT2D eigenvalue weighted by molar-refractivity contribution is 6.39. The third kappa shape index (κ3) is 2.55. The number of carbonyl (C=O) groups excluding carboxylic acids is 2. The van der Waals surface area contributed by atoms with Gasteiger partial charge in [-0.15, -0.1) is 0 Å². The maximum atomic E-state index is 11.7. The first-order valence-corrected chi connectivity index (χ1v) is 5.42. The van der Waals surface area contributed by atoms with Gasteiger partial charge in [0.1, 0.15) is 5.71 Å². The molecule has 0 bridgehead atoms. The third-order valence-corrected chi connectivity index (χ3v) is 2.86. The number of carbonyl (C=O) groups is 2. The molecule has 0 unspecified atom stereocenters. The van der Waals surface area contributed by atoms with E-state index in [-0.39, 0.29) is 11.8 Å². The summed E-state index contributed by atoms with van der Waals surface area (Å²) in [7, 11) is 0. The van der Waals surface area contributed by atoms with Crippen molar-refractivity contribution in [2.45, 2.75) is 44.6 Å². The Labute approximate surface area is 88.3 Å². The van der Waals surface area contributed by atoms with Crippen LogP contribution in [0.1, 0.15) is 38.5 Å². The Morgan fingerprint density at radius 2 is 2.07 bits per heavy atom. The van der Waals surface area contributed by atoms with E-state index in [1.807, 2.05) is 0 Å². The highest BCUT2D eigenvalue weighted by Crippen LogP contribution is 2.17. The van der Waals surface area contributed by atoms with E-state index >= 15 is 0 Å². The minimum Gasteiger partial charge on any atom is -0.348 e. The van der Waals surface area contributed by atoms with Crippen molar-refractivity contribution in [1.82, 2.24) is 10.7 Å². The smallest absolute Gasteiger partial charge is 0.267 e. The molecule has 1 fully saturated rings. The Morgan fingerprint density at radius 3 is 2.67 bits per heavy atom. The lowest BCUT2D eigenvalue weighted by Crippen LogP contribution is -2.40. The Morgan fingerprint density at radius 1 is 1.33 bits per heavy atom. The highest BCUT2D eigenvalue weighted by atomic mass is 16.2. The van der Waals surface area contributed by atoms with Crippen molar-refractivity contribution in [2.24, 2.45) is 5.10 Å². The maximum absolute atomic E-state index is 11.7. The van der Waals surface area contributed by atoms with E-state index in [2.05, 4.69) is 15.8 Å². The zero-order valence-corrected chi connectivity index (χ0v) is 8.58. The molecule has 1 aliphatic heterocycles. The van der Waals surface area contributed by atoms with Gasteiger partial charge in [0, 0.05) is 18.9 Å². The molecule has 5 heteroatoms. The van der Waals surface area contributed by atoms with Crippen LogP contribution < -0.4 is 10.7 Å². The van der Waals surface area contributed by atoms with Gasteiger partial charge in [-0.3, -0.25) is 9.59 Å². The van der Waals surface area contributed by atoms with Crippen molar-refractivity contribution in [1.29, 1.82) is 0 Å². The average Bonchev–Trinajstić information content (AvgIpc) is 2.71. The molecule has 0 saturated heterocycles. The average molecular weight is 209 g/mol. The van der Waals surface area contributed by atoms with Gasteiger partial charge in [-0.1, -0.05) is 12.8 Å². The van der Waals surface area contributed by atoms with Crippen molar-refractivity contribution >= 4 is 17.5 Å². The van der Waals surface area contributed by atoms with Crippen LogP contribution in [0.25, 0.3) is 0 Å². The van der Waals surface area contributed by atoms with E-state index < -0.39 is 0 Å². The zero-order valence-electron chi connectivity index (χ0n) is 8.58. The van der Waals surface area contributed by atoms with Gasteiger partial charge in [0.15, 0.2) is 0 Å². The molecule has 5 nitrogen and oxygen atoms in total. The first kappa shape index (κ1) is 10.1. The van der Waals surface area contributed by atoms with E-state index in [0.717, 1.165) is 12.8 Å². The van der Waals surface area contributed by atoms with Crippen molar-refractivity contribution in [3.8, 4) is 0 Å². The lowest BCUT2D eigenvalue weighted by molar-refractivity contribution is -0.121. The molecule has 15 heavy (non-hydrogen) atoms. The van der Waals surface area contributed by atoms with Crippen LogP contribution in [0, 0.1) is 0 Å². The van der Waals surface area contributed by atoms with Gasteiger partial charge in [0.25, 0.3) is 5.91 Å². The summed E-state index contributed by atoms with van der Waals surface area (Å²) >= 11 is 0. The molecule has 0 spiro atoms. The largest absolute Gasteiger partial charge is 0.348 e. The second kappa shape index (κ2) is 4.42. The quantitative estimate of drug-likeness (QED) is 0.687. The number of nitrogens with zero attached hydrogens (tertiary/aromatic N) is 1. The van der Waals surface area contributed by atoms with Crippen LogP contribution in [0.5, 0.6) is 0 Å². The molecule has 0 aromatic rings. The minimum absolute atomic E-state index is 0.118. The van der Waals surface area contributed by atoms with Crippen LogP contribution >= 0.6 is 0 Å². The van der Waals surface area contributed by atoms with Crippen LogP contribution in [-0.2, 0) is 9.59 Å². The van der Waals surface area contributed by atoms with Gasteiger partial charge in [0.2, 0.25) is 5.91 Å². The van der Waals surface area contributed by atoms with Gasteiger partial charge >= 0.3 is 0 Å². The molecule has 82 valence electrons. The monoisotopic (exact) mass is 209 g/mol. The fourth-order valence-corrected chi connectivity index (χ4v) is 1.98. The lowest BCUT2D eigenvalue weighted by atomic mass is 10.1. The summed E-state index contributed by atoms with van der Waals surface area (Å²) in [5.74, 6) is -0.241. The minimum atomic E-state index is -0.123. The lowest BCUT2D eigenvalue weighted by Gasteiger charge is -2.15. The fourth-order valence-electron chi connectivity index (χ4n) is 1.98. The summed E-state index contributed by atoms with van der Waals surface area (Å²) in [5.41, 5.74) is 2.77. The SMILES string of the molecule is O=C1CCC(C(=O)NC2CCCC2)=NN1. The first-order chi connectivity index (χ1) is 7.25. The molecular weight excluding hydrogens is 194 g/mol. The van der Waals surface area contributed by atoms with E-state index in [0.29, 0.717) is 24.6 Å². The topological polar surface area (TPSA) is 70.6 Å². The van der Waals surface area contributed by atoms with E-state index in [4.69, 9.17) is 0 Å². The predicted octanol–water partition coefficient (Wildman–Crippen LogP) is 0.311. The number of amides is 2. The van der Waals surface area contributed by atoms with Crippen molar-refractivity contribution in [3.63, 3.8) is 0 Å². The second-order valence-electron chi connectivity index (χ2n) is 4.05. The van der Waals surface area contributed by atoms with Crippen LogP contribution in [-0.4, -0.2) is 23.6 Å². The van der Waals surface area contributed by atoms with Crippen molar-refractivity contribution in [2.75, 3.05) is 0 Å². The summed E-state index contributed by atoms with van der Waals surface area (Å²) in [4.78, 5) is 22.5. The third-order valence-electron chi connectivity index (χ3n) is 2.86. The molecule has 2 aliphatic rings. The van der Waals surface area contributed by atoms with E-state index in [9.17, 15) is 9.59 Å². The molecule has 2 N–H and O–H groups in total. The van der Waals surface area contributed by atoms with Crippen molar-refractivity contribution < 1.29 is 9.59 Å². The van der Waals surface area contributed by atoms with Crippen molar-refractivity contribution in [3.05, 3.63) is 0 Å². The maximum Gasteiger partial charge on any atom is 0.267 e. The number of hydrogen-bond donors (Lipinski definition) is 2. The summed E-state index contributed by atoms with van der Waals surface area (Å²) in [6, 6.07) is 0.304. The van der Waals surface area contributed by atoms with Gasteiger partial charge in [-0.05, 0) is 12.8 Å². The molecule has 0 aromatic heterocycles. The number of hydrazone groups is 1. The van der Waals surface area contributed by atoms with Gasteiger partial charge in [-0.25, -0.2) is 5.43 Å². The molecule has 0 radical (unpaired) electrons. The van der Waals surface area contributed by atoms with Crippen LogP contribution in [0.4, 0.5) is 0 Å². The van der Waals surface area contributed by atoms with Gasteiger partial charge < -0.3 is 5.32 Å². The van der Waals surface area contributed by atoms with Crippen LogP contribution in [0.15, 0.2) is 5.10 Å². The molecule has 2 rings (SSSR count). The van der Waals surface area contributed by atoms with E-state index in [1.165, 1.54) is 12.8 Å². The number of rotatable bonds is 2.